The van der Waals surface area contributed by atoms with Gasteiger partial charge in [0.15, 0.2) is 0 Å². The molecule has 1 spiro atoms. The van der Waals surface area contributed by atoms with Crippen molar-refractivity contribution in [2.75, 3.05) is 6.54 Å². The molecule has 1 aliphatic carbocycles. The number of nitrogens with one attached hydrogen (secondary N) is 2. The second-order valence-electron chi connectivity index (χ2n) is 10.2. The molecule has 0 atom stereocenters. The van der Waals surface area contributed by atoms with Crippen molar-refractivity contribution >= 4 is 23.0 Å². The van der Waals surface area contributed by atoms with Gasteiger partial charge in [-0.15, -0.1) is 5.10 Å². The Bertz CT molecular complexity index is 1360. The Morgan fingerprint density at radius 2 is 1.87 bits per heavy atom. The highest BCUT2D eigenvalue weighted by atomic mass is 16.5. The maximum absolute atomic E-state index is 12.3. The van der Waals surface area contributed by atoms with Gasteiger partial charge in [-0.05, 0) is 67.7 Å². The molecule has 8 nitrogen and oxygen atoms in total. The van der Waals surface area contributed by atoms with Crippen LogP contribution in [0.15, 0.2) is 58.0 Å². The van der Waals surface area contributed by atoms with Crippen molar-refractivity contribution in [3.63, 3.8) is 0 Å². The van der Waals surface area contributed by atoms with Gasteiger partial charge in [0.05, 0.1) is 0 Å². The smallest absolute Gasteiger partial charge is 0.407 e. The molecule has 5 rings (SSSR count). The van der Waals surface area contributed by atoms with Crippen LogP contribution < -0.4 is 21.0 Å². The SMILES string of the molecule is CCc1c/c(=N/NC(=O)CCNC(=O)OCc2ccccc2)oc2cc3c(cc12)CCC1(CCCCC1)O3. The lowest BCUT2D eigenvalue weighted by Gasteiger charge is -2.41. The molecule has 38 heavy (non-hydrogen) atoms. The van der Waals surface area contributed by atoms with Gasteiger partial charge in [-0.3, -0.25) is 4.79 Å². The van der Waals surface area contributed by atoms with Crippen molar-refractivity contribution in [3.8, 4) is 5.75 Å². The van der Waals surface area contributed by atoms with Gasteiger partial charge < -0.3 is 19.2 Å². The number of alkyl carbamates (subject to hydrolysis) is 1. The molecular formula is C30H35N3O5. The summed E-state index contributed by atoms with van der Waals surface area (Å²) >= 11 is 0. The van der Waals surface area contributed by atoms with Gasteiger partial charge in [0.1, 0.15) is 23.5 Å². The van der Waals surface area contributed by atoms with Crippen LogP contribution >= 0.6 is 0 Å². The number of carbonyl (C=O) groups is 2. The van der Waals surface area contributed by atoms with E-state index in [1.165, 1.54) is 24.8 Å². The second kappa shape index (κ2) is 11.7. The largest absolute Gasteiger partial charge is 0.487 e. The molecule has 2 heterocycles. The Kier molecular flexibility index (Phi) is 7.96. The molecule has 0 bridgehead atoms. The van der Waals surface area contributed by atoms with E-state index in [0.29, 0.717) is 11.1 Å². The monoisotopic (exact) mass is 517 g/mol. The molecule has 0 saturated heterocycles. The average molecular weight is 518 g/mol. The fraction of sp³-hybridized carbons (Fsp3) is 0.433. The molecule has 200 valence electrons. The second-order valence-corrected chi connectivity index (χ2v) is 10.2. The minimum Gasteiger partial charge on any atom is -0.487 e. The van der Waals surface area contributed by atoms with E-state index < -0.39 is 6.09 Å². The number of rotatable bonds is 7. The summed E-state index contributed by atoms with van der Waals surface area (Å²) in [5, 5.41) is 7.81. The molecule has 8 heteroatoms. The van der Waals surface area contributed by atoms with E-state index in [1.807, 2.05) is 42.5 Å². The van der Waals surface area contributed by atoms with Gasteiger partial charge in [-0.2, -0.15) is 0 Å². The van der Waals surface area contributed by atoms with E-state index in [2.05, 4.69) is 28.8 Å². The third-order valence-corrected chi connectivity index (χ3v) is 7.47. The normalized spacial score (nSPS) is 16.5. The molecule has 2 amide bonds. The molecule has 2 aromatic carbocycles. The first-order valence-corrected chi connectivity index (χ1v) is 13.6. The molecule has 2 N–H and O–H groups in total. The summed E-state index contributed by atoms with van der Waals surface area (Å²) in [5.74, 6) is 0.567. The van der Waals surface area contributed by atoms with Gasteiger partial charge in [0.2, 0.25) is 11.5 Å². The van der Waals surface area contributed by atoms with E-state index in [1.54, 1.807) is 0 Å². The van der Waals surface area contributed by atoms with Crippen molar-refractivity contribution in [2.24, 2.45) is 5.10 Å². The highest BCUT2D eigenvalue weighted by Gasteiger charge is 2.37. The summed E-state index contributed by atoms with van der Waals surface area (Å²) < 4.78 is 17.8. The van der Waals surface area contributed by atoms with Crippen LogP contribution in [0.1, 0.15) is 68.6 Å². The summed E-state index contributed by atoms with van der Waals surface area (Å²) in [6.45, 7) is 2.40. The van der Waals surface area contributed by atoms with Gasteiger partial charge in [-0.1, -0.05) is 43.7 Å². The molecule has 2 aliphatic rings. The van der Waals surface area contributed by atoms with E-state index in [0.717, 1.165) is 54.4 Å². The predicted octanol–water partition coefficient (Wildman–Crippen LogP) is 5.27. The number of amides is 2. The van der Waals surface area contributed by atoms with E-state index in [4.69, 9.17) is 13.9 Å². The minimum absolute atomic E-state index is 0.0372. The van der Waals surface area contributed by atoms with Gasteiger partial charge in [0.25, 0.3) is 0 Å². The Hall–Kier alpha value is -3.81. The zero-order valence-corrected chi connectivity index (χ0v) is 21.9. The predicted molar refractivity (Wildman–Crippen MR) is 143 cm³/mol. The van der Waals surface area contributed by atoms with Gasteiger partial charge in [-0.25, -0.2) is 10.2 Å². The van der Waals surface area contributed by atoms with Gasteiger partial charge in [0, 0.05) is 30.5 Å². The topological polar surface area (TPSA) is 102 Å². The van der Waals surface area contributed by atoms with Crippen LogP contribution in [0.4, 0.5) is 4.79 Å². The van der Waals surface area contributed by atoms with Crippen LogP contribution in [0.25, 0.3) is 11.0 Å². The first-order chi connectivity index (χ1) is 18.5. The maximum atomic E-state index is 12.3. The molecule has 1 aromatic heterocycles. The lowest BCUT2D eigenvalue weighted by Crippen LogP contribution is -2.41. The van der Waals surface area contributed by atoms with E-state index in [-0.39, 0.29) is 31.1 Å². The van der Waals surface area contributed by atoms with Gasteiger partial charge >= 0.3 is 6.09 Å². The molecule has 1 saturated carbocycles. The molecule has 1 aliphatic heterocycles. The van der Waals surface area contributed by atoms with Crippen molar-refractivity contribution < 1.29 is 23.5 Å². The highest BCUT2D eigenvalue weighted by molar-refractivity contribution is 5.83. The summed E-state index contributed by atoms with van der Waals surface area (Å²) in [4.78, 5) is 24.2. The number of aryl methyl sites for hydroxylation is 2. The molecule has 0 unspecified atom stereocenters. The number of carbonyl (C=O) groups excluding carboxylic acids is 2. The zero-order valence-electron chi connectivity index (χ0n) is 21.9. The standard InChI is InChI=1S/C30H35N3O5/c1-2-22-18-28(33-32-27(34)12-16-31-29(35)36-20-21-9-5-3-6-10-21)37-26-19-25-23(17-24(22)26)11-15-30(38-25)13-7-4-8-14-30/h3,5-6,9-10,17-19H,2,4,7-8,11-16,20H2,1H3,(H,31,35)(H,32,34)/b33-28-. The number of hydrogen-bond acceptors (Lipinski definition) is 6. The number of hydrogen-bond donors (Lipinski definition) is 2. The number of ether oxygens (including phenoxy) is 2. The molecule has 0 radical (unpaired) electrons. The van der Waals surface area contributed by atoms with E-state index >= 15 is 0 Å². The summed E-state index contributed by atoms with van der Waals surface area (Å²) in [7, 11) is 0. The average Bonchev–Trinajstić information content (AvgIpc) is 2.94. The maximum Gasteiger partial charge on any atom is 0.407 e. The zero-order chi connectivity index (χ0) is 26.4. The summed E-state index contributed by atoms with van der Waals surface area (Å²) in [6.07, 6.45) is 8.34. The quantitative estimate of drug-likeness (QED) is 0.416. The van der Waals surface area contributed by atoms with Crippen LogP contribution in [0.2, 0.25) is 0 Å². The van der Waals surface area contributed by atoms with Crippen LogP contribution in [0, 0.1) is 0 Å². The lowest BCUT2D eigenvalue weighted by atomic mass is 9.79. The fourth-order valence-electron chi connectivity index (χ4n) is 5.37. The number of nitrogens with zero attached hydrogens (tertiary/aromatic N) is 1. The third kappa shape index (κ3) is 6.18. The van der Waals surface area contributed by atoms with E-state index in [9.17, 15) is 9.59 Å². The molecule has 1 fully saturated rings. The number of benzene rings is 2. The van der Waals surface area contributed by atoms with Crippen molar-refractivity contribution in [3.05, 3.63) is 70.8 Å². The van der Waals surface area contributed by atoms with Crippen molar-refractivity contribution in [1.29, 1.82) is 0 Å². The van der Waals surface area contributed by atoms with Crippen LogP contribution in [0.3, 0.4) is 0 Å². The Morgan fingerprint density at radius 1 is 1.05 bits per heavy atom. The third-order valence-electron chi connectivity index (χ3n) is 7.47. The first-order valence-electron chi connectivity index (χ1n) is 13.6. The minimum atomic E-state index is -0.573. The van der Waals surface area contributed by atoms with Crippen LogP contribution in [-0.4, -0.2) is 24.1 Å². The summed E-state index contributed by atoms with van der Waals surface area (Å²) in [5.41, 5.74) is 6.73. The first kappa shape index (κ1) is 25.8. The summed E-state index contributed by atoms with van der Waals surface area (Å²) in [6, 6.07) is 15.4. The van der Waals surface area contributed by atoms with Crippen molar-refractivity contribution in [1.82, 2.24) is 10.7 Å². The molecule has 3 aromatic rings. The number of fused-ring (bicyclic) bond motifs is 2. The lowest BCUT2D eigenvalue weighted by molar-refractivity contribution is -0.121. The Balaban J connectivity index is 1.20. The Labute approximate surface area is 222 Å². The highest BCUT2D eigenvalue weighted by Crippen LogP contribution is 2.43. The fourth-order valence-corrected chi connectivity index (χ4v) is 5.37. The van der Waals surface area contributed by atoms with Crippen molar-refractivity contribution in [2.45, 2.75) is 76.9 Å². The van der Waals surface area contributed by atoms with Crippen LogP contribution in [-0.2, 0) is 29.0 Å². The Morgan fingerprint density at radius 3 is 2.66 bits per heavy atom. The van der Waals surface area contributed by atoms with Crippen LogP contribution in [0.5, 0.6) is 5.75 Å². The molecular weight excluding hydrogens is 482 g/mol.